The largest absolute Gasteiger partial charge is 0.379 e. The summed E-state index contributed by atoms with van der Waals surface area (Å²) in [6, 6.07) is 0.431. The quantitative estimate of drug-likeness (QED) is 0.823. The second kappa shape index (κ2) is 9.93. The van der Waals surface area contributed by atoms with E-state index in [1.54, 1.807) is 0 Å². The van der Waals surface area contributed by atoms with Gasteiger partial charge in [0.2, 0.25) is 5.91 Å². The van der Waals surface area contributed by atoms with Crippen LogP contribution in [0, 0.1) is 5.92 Å². The van der Waals surface area contributed by atoms with Gasteiger partial charge in [-0.05, 0) is 31.7 Å². The molecule has 3 heterocycles. The van der Waals surface area contributed by atoms with Crippen LogP contribution in [0.1, 0.15) is 25.7 Å². The molecule has 3 aliphatic rings. The summed E-state index contributed by atoms with van der Waals surface area (Å²) in [4.78, 5) is 16.9. The topological polar surface area (TPSA) is 44.8 Å². The van der Waals surface area contributed by atoms with E-state index in [0.717, 1.165) is 58.9 Å². The van der Waals surface area contributed by atoms with E-state index in [2.05, 4.69) is 15.1 Å². The fraction of sp³-hybridized carbons (Fsp3) is 0.933. The minimum absolute atomic E-state index is 0. The SMILES string of the molecule is Cl.Cl.O=C(CC1CCCN1)N1CCC(CN2CCOCC2)C1. The number of hydrogen-bond acceptors (Lipinski definition) is 4. The van der Waals surface area contributed by atoms with Crippen LogP contribution >= 0.6 is 24.8 Å². The first-order valence-electron chi connectivity index (χ1n) is 8.12. The third-order valence-corrected chi connectivity index (χ3v) is 4.84. The molecule has 0 radical (unpaired) electrons. The molecule has 0 saturated carbocycles. The Morgan fingerprint density at radius 3 is 2.59 bits per heavy atom. The molecule has 0 spiro atoms. The summed E-state index contributed by atoms with van der Waals surface area (Å²) in [6.45, 7) is 7.97. The molecule has 0 aromatic heterocycles. The van der Waals surface area contributed by atoms with Gasteiger partial charge in [0.25, 0.3) is 0 Å². The van der Waals surface area contributed by atoms with Crippen LogP contribution in [0.3, 0.4) is 0 Å². The van der Waals surface area contributed by atoms with Crippen molar-refractivity contribution in [3.63, 3.8) is 0 Å². The van der Waals surface area contributed by atoms with Gasteiger partial charge < -0.3 is 15.0 Å². The van der Waals surface area contributed by atoms with Crippen molar-refractivity contribution in [1.82, 2.24) is 15.1 Å². The molecule has 7 heteroatoms. The molecular weight excluding hydrogens is 325 g/mol. The second-order valence-corrected chi connectivity index (χ2v) is 6.40. The first-order chi connectivity index (χ1) is 9.81. The van der Waals surface area contributed by atoms with Crippen molar-refractivity contribution in [3.05, 3.63) is 0 Å². The normalized spacial score (nSPS) is 29.0. The van der Waals surface area contributed by atoms with Gasteiger partial charge in [0.1, 0.15) is 0 Å². The lowest BCUT2D eigenvalue weighted by atomic mass is 10.1. The summed E-state index contributed by atoms with van der Waals surface area (Å²) in [5.41, 5.74) is 0. The van der Waals surface area contributed by atoms with Crippen LogP contribution in [-0.2, 0) is 9.53 Å². The maximum atomic E-state index is 12.3. The highest BCUT2D eigenvalue weighted by Crippen LogP contribution is 2.20. The van der Waals surface area contributed by atoms with E-state index in [0.29, 0.717) is 24.3 Å². The number of amides is 1. The average Bonchev–Trinajstić information content (AvgIpc) is 3.11. The molecule has 2 unspecified atom stereocenters. The Balaban J connectivity index is 0.00000121. The van der Waals surface area contributed by atoms with Crippen molar-refractivity contribution < 1.29 is 9.53 Å². The molecular formula is C15H29Cl2N3O2. The van der Waals surface area contributed by atoms with Gasteiger partial charge in [-0.15, -0.1) is 24.8 Å². The summed E-state index contributed by atoms with van der Waals surface area (Å²) in [5, 5.41) is 3.42. The lowest BCUT2D eigenvalue weighted by molar-refractivity contribution is -0.130. The van der Waals surface area contributed by atoms with Gasteiger partial charge in [0.05, 0.1) is 13.2 Å². The molecule has 3 aliphatic heterocycles. The predicted molar refractivity (Wildman–Crippen MR) is 92.1 cm³/mol. The van der Waals surface area contributed by atoms with Crippen molar-refractivity contribution in [2.45, 2.75) is 31.7 Å². The Bertz CT molecular complexity index is 335. The van der Waals surface area contributed by atoms with Gasteiger partial charge in [0, 0.05) is 45.2 Å². The Kier molecular flexibility index (Phi) is 9.02. The van der Waals surface area contributed by atoms with Gasteiger partial charge >= 0.3 is 0 Å². The van der Waals surface area contributed by atoms with E-state index in [9.17, 15) is 4.79 Å². The van der Waals surface area contributed by atoms with Gasteiger partial charge in [-0.1, -0.05) is 0 Å². The zero-order valence-electron chi connectivity index (χ0n) is 13.2. The van der Waals surface area contributed by atoms with E-state index in [1.807, 2.05) is 0 Å². The average molecular weight is 354 g/mol. The molecule has 1 amide bonds. The van der Waals surface area contributed by atoms with Crippen molar-refractivity contribution in [2.24, 2.45) is 5.92 Å². The van der Waals surface area contributed by atoms with Crippen LogP contribution in [0.4, 0.5) is 0 Å². The van der Waals surface area contributed by atoms with Crippen molar-refractivity contribution in [3.8, 4) is 0 Å². The number of nitrogens with one attached hydrogen (secondary N) is 1. The van der Waals surface area contributed by atoms with Crippen molar-refractivity contribution in [2.75, 3.05) is 52.5 Å². The third kappa shape index (κ3) is 5.53. The maximum absolute atomic E-state index is 12.3. The Hall–Kier alpha value is -0.0700. The number of hydrogen-bond donors (Lipinski definition) is 1. The van der Waals surface area contributed by atoms with Gasteiger partial charge in [-0.25, -0.2) is 0 Å². The number of carbonyl (C=O) groups is 1. The summed E-state index contributed by atoms with van der Waals surface area (Å²) in [5.74, 6) is 1.02. The zero-order chi connectivity index (χ0) is 13.8. The molecule has 5 nitrogen and oxygen atoms in total. The number of halogens is 2. The Morgan fingerprint density at radius 2 is 1.91 bits per heavy atom. The molecule has 1 N–H and O–H groups in total. The molecule has 3 fully saturated rings. The lowest BCUT2D eigenvalue weighted by Crippen LogP contribution is -2.40. The summed E-state index contributed by atoms with van der Waals surface area (Å²) < 4.78 is 5.38. The van der Waals surface area contributed by atoms with Crippen LogP contribution < -0.4 is 5.32 Å². The van der Waals surface area contributed by atoms with Crippen LogP contribution in [-0.4, -0.2) is 74.2 Å². The fourth-order valence-electron chi connectivity index (χ4n) is 3.63. The summed E-state index contributed by atoms with van der Waals surface area (Å²) in [6.07, 6.45) is 4.25. The highest BCUT2D eigenvalue weighted by molar-refractivity contribution is 5.85. The number of likely N-dealkylation sites (tertiary alicyclic amines) is 1. The van der Waals surface area contributed by atoms with Gasteiger partial charge in [0.15, 0.2) is 0 Å². The van der Waals surface area contributed by atoms with Gasteiger partial charge in [-0.2, -0.15) is 0 Å². The van der Waals surface area contributed by atoms with E-state index in [4.69, 9.17) is 4.74 Å². The Morgan fingerprint density at radius 1 is 1.14 bits per heavy atom. The molecule has 3 saturated heterocycles. The van der Waals surface area contributed by atoms with E-state index < -0.39 is 0 Å². The number of carbonyl (C=O) groups excluding carboxylic acids is 1. The van der Waals surface area contributed by atoms with Crippen molar-refractivity contribution >= 4 is 30.7 Å². The van der Waals surface area contributed by atoms with E-state index in [1.165, 1.54) is 12.8 Å². The molecule has 0 bridgehead atoms. The maximum Gasteiger partial charge on any atom is 0.224 e. The second-order valence-electron chi connectivity index (χ2n) is 6.40. The van der Waals surface area contributed by atoms with Crippen LogP contribution in [0.2, 0.25) is 0 Å². The first kappa shape index (κ1) is 20.0. The fourth-order valence-corrected chi connectivity index (χ4v) is 3.63. The third-order valence-electron chi connectivity index (χ3n) is 4.84. The molecule has 3 rings (SSSR count). The number of morpholine rings is 1. The minimum atomic E-state index is 0. The molecule has 130 valence electrons. The van der Waals surface area contributed by atoms with E-state index in [-0.39, 0.29) is 24.8 Å². The highest BCUT2D eigenvalue weighted by atomic mass is 35.5. The molecule has 0 aliphatic carbocycles. The summed E-state index contributed by atoms with van der Waals surface area (Å²) >= 11 is 0. The molecule has 22 heavy (non-hydrogen) atoms. The molecule has 0 aromatic carbocycles. The zero-order valence-corrected chi connectivity index (χ0v) is 14.8. The number of nitrogens with zero attached hydrogens (tertiary/aromatic N) is 2. The van der Waals surface area contributed by atoms with Crippen molar-refractivity contribution in [1.29, 1.82) is 0 Å². The van der Waals surface area contributed by atoms with Gasteiger partial charge in [-0.3, -0.25) is 9.69 Å². The first-order valence-corrected chi connectivity index (χ1v) is 8.12. The number of ether oxygens (including phenoxy) is 1. The predicted octanol–water partition coefficient (Wildman–Crippen LogP) is 1.15. The lowest BCUT2D eigenvalue weighted by Gasteiger charge is -2.29. The minimum Gasteiger partial charge on any atom is -0.379 e. The Labute approximate surface area is 145 Å². The van der Waals surface area contributed by atoms with Crippen LogP contribution in [0.5, 0.6) is 0 Å². The molecule has 0 aromatic rings. The highest BCUT2D eigenvalue weighted by Gasteiger charge is 2.29. The monoisotopic (exact) mass is 353 g/mol. The van der Waals surface area contributed by atoms with Crippen LogP contribution in [0.25, 0.3) is 0 Å². The summed E-state index contributed by atoms with van der Waals surface area (Å²) in [7, 11) is 0. The molecule has 2 atom stereocenters. The standard InChI is InChI=1S/C15H27N3O2.2ClH/c19-15(10-14-2-1-4-16-14)18-5-3-13(12-18)11-17-6-8-20-9-7-17;;/h13-14,16H,1-12H2;2*1H. The number of rotatable bonds is 4. The van der Waals surface area contributed by atoms with Crippen LogP contribution in [0.15, 0.2) is 0 Å². The van der Waals surface area contributed by atoms with E-state index >= 15 is 0 Å². The smallest absolute Gasteiger partial charge is 0.224 e.